The molecule has 15 heavy (non-hydrogen) atoms. The van der Waals surface area contributed by atoms with Crippen molar-refractivity contribution in [3.63, 3.8) is 0 Å². The molecule has 0 radical (unpaired) electrons. The number of carbonyl (C=O) groups is 1. The number of anilines is 1. The predicted molar refractivity (Wildman–Crippen MR) is 57.7 cm³/mol. The van der Waals surface area contributed by atoms with Gasteiger partial charge in [0, 0.05) is 19.3 Å². The number of hydrogen-bond acceptors (Lipinski definition) is 5. The van der Waals surface area contributed by atoms with Crippen LogP contribution in [-0.4, -0.2) is 30.6 Å². The highest BCUT2D eigenvalue weighted by Gasteiger charge is 2.05. The van der Waals surface area contributed by atoms with Gasteiger partial charge < -0.3 is 15.8 Å². The molecule has 0 aliphatic carbocycles. The van der Waals surface area contributed by atoms with Crippen LogP contribution < -0.4 is 11.1 Å². The fourth-order valence-corrected chi connectivity index (χ4v) is 1.03. The molecule has 0 atom stereocenters. The molecular weight excluding hydrogens is 194 g/mol. The van der Waals surface area contributed by atoms with Crippen molar-refractivity contribution in [2.45, 2.75) is 6.92 Å². The summed E-state index contributed by atoms with van der Waals surface area (Å²) >= 11 is 0. The van der Waals surface area contributed by atoms with Crippen LogP contribution in [0.5, 0.6) is 0 Å². The Labute approximate surface area is 88.6 Å². The first-order valence-corrected chi connectivity index (χ1v) is 4.85. The molecule has 5 heteroatoms. The van der Waals surface area contributed by atoms with E-state index in [1.807, 2.05) is 0 Å². The molecule has 0 aliphatic heterocycles. The number of nitrogens with one attached hydrogen (secondary N) is 1. The predicted octanol–water partition coefficient (Wildman–Crippen LogP) is 0.629. The van der Waals surface area contributed by atoms with Crippen LogP contribution in [-0.2, 0) is 4.74 Å². The molecular formula is C10H15N3O2. The number of pyridine rings is 1. The number of aromatic nitrogens is 1. The van der Waals surface area contributed by atoms with Crippen LogP contribution in [0.3, 0.4) is 0 Å². The number of esters is 1. The monoisotopic (exact) mass is 209 g/mol. The molecule has 0 amide bonds. The Kier molecular flexibility index (Phi) is 4.56. The minimum absolute atomic E-state index is 0.352. The molecule has 0 bridgehead atoms. The van der Waals surface area contributed by atoms with Crippen LogP contribution in [0.4, 0.5) is 5.82 Å². The average molecular weight is 209 g/mol. The van der Waals surface area contributed by atoms with Crippen molar-refractivity contribution in [2.75, 3.05) is 25.0 Å². The Hall–Kier alpha value is -1.62. The third-order valence-corrected chi connectivity index (χ3v) is 1.73. The van der Waals surface area contributed by atoms with E-state index in [-0.39, 0.29) is 5.97 Å². The Morgan fingerprint density at radius 3 is 2.93 bits per heavy atom. The number of nitrogens with two attached hydrogens (primary N) is 1. The van der Waals surface area contributed by atoms with Gasteiger partial charge in [-0.3, -0.25) is 0 Å². The summed E-state index contributed by atoms with van der Waals surface area (Å²) in [4.78, 5) is 15.3. The van der Waals surface area contributed by atoms with Crippen LogP contribution in [0.1, 0.15) is 17.3 Å². The second-order valence-electron chi connectivity index (χ2n) is 2.87. The molecule has 0 aromatic carbocycles. The molecule has 3 N–H and O–H groups in total. The molecule has 0 unspecified atom stereocenters. The Morgan fingerprint density at radius 2 is 2.40 bits per heavy atom. The molecule has 1 aromatic rings. The highest BCUT2D eigenvalue weighted by atomic mass is 16.5. The van der Waals surface area contributed by atoms with E-state index < -0.39 is 0 Å². The minimum atomic E-state index is -0.352. The molecule has 82 valence electrons. The first-order chi connectivity index (χ1) is 7.27. The summed E-state index contributed by atoms with van der Waals surface area (Å²) in [5, 5.41) is 3.00. The van der Waals surface area contributed by atoms with E-state index in [2.05, 4.69) is 10.3 Å². The first kappa shape index (κ1) is 11.5. The maximum atomic E-state index is 11.3. The number of nitrogens with zero attached hydrogens (tertiary/aromatic N) is 1. The largest absolute Gasteiger partial charge is 0.462 e. The zero-order valence-electron chi connectivity index (χ0n) is 8.69. The molecule has 1 rings (SSSR count). The van der Waals surface area contributed by atoms with E-state index >= 15 is 0 Å². The van der Waals surface area contributed by atoms with Gasteiger partial charge >= 0.3 is 5.97 Å². The molecule has 0 fully saturated rings. The van der Waals surface area contributed by atoms with Crippen molar-refractivity contribution in [1.29, 1.82) is 0 Å². The molecule has 0 spiro atoms. The zero-order chi connectivity index (χ0) is 11.1. The summed E-state index contributed by atoms with van der Waals surface area (Å²) in [5.74, 6) is 0.351. The fourth-order valence-electron chi connectivity index (χ4n) is 1.03. The quantitative estimate of drug-likeness (QED) is 0.695. The Bertz CT molecular complexity index is 311. The third-order valence-electron chi connectivity index (χ3n) is 1.73. The number of carbonyl (C=O) groups excluding carboxylic acids is 1. The van der Waals surface area contributed by atoms with Crippen molar-refractivity contribution < 1.29 is 9.53 Å². The topological polar surface area (TPSA) is 77.2 Å². The lowest BCUT2D eigenvalue weighted by atomic mass is 10.3. The van der Waals surface area contributed by atoms with Crippen molar-refractivity contribution in [1.82, 2.24) is 4.98 Å². The maximum Gasteiger partial charge on any atom is 0.339 e. The van der Waals surface area contributed by atoms with Crippen LogP contribution in [0, 0.1) is 0 Å². The normalized spacial score (nSPS) is 9.73. The third kappa shape index (κ3) is 3.55. The summed E-state index contributed by atoms with van der Waals surface area (Å²) < 4.78 is 4.83. The Balaban J connectivity index is 2.59. The molecule has 0 saturated heterocycles. The van der Waals surface area contributed by atoms with Crippen LogP contribution in [0.15, 0.2) is 18.3 Å². The van der Waals surface area contributed by atoms with Gasteiger partial charge in [0.05, 0.1) is 12.2 Å². The number of ether oxygens (including phenoxy) is 1. The van der Waals surface area contributed by atoms with Gasteiger partial charge in [0.2, 0.25) is 0 Å². The van der Waals surface area contributed by atoms with Crippen molar-refractivity contribution in [2.24, 2.45) is 5.73 Å². The zero-order valence-corrected chi connectivity index (χ0v) is 8.69. The highest BCUT2D eigenvalue weighted by Crippen LogP contribution is 2.05. The first-order valence-electron chi connectivity index (χ1n) is 4.85. The summed E-state index contributed by atoms with van der Waals surface area (Å²) in [6, 6.07) is 3.39. The molecule has 1 heterocycles. The van der Waals surface area contributed by atoms with Gasteiger partial charge in [-0.2, -0.15) is 0 Å². The molecule has 5 nitrogen and oxygen atoms in total. The van der Waals surface area contributed by atoms with Crippen molar-refractivity contribution in [3.05, 3.63) is 23.9 Å². The second-order valence-corrected chi connectivity index (χ2v) is 2.87. The van der Waals surface area contributed by atoms with Gasteiger partial charge in [-0.25, -0.2) is 9.78 Å². The highest BCUT2D eigenvalue weighted by molar-refractivity contribution is 5.89. The molecule has 0 aliphatic rings. The van der Waals surface area contributed by atoms with Gasteiger partial charge in [-0.05, 0) is 19.1 Å². The number of rotatable bonds is 5. The lowest BCUT2D eigenvalue weighted by molar-refractivity contribution is 0.0526. The average Bonchev–Trinajstić information content (AvgIpc) is 2.27. The summed E-state index contributed by atoms with van der Waals surface area (Å²) in [5.41, 5.74) is 5.78. The van der Waals surface area contributed by atoms with E-state index in [0.29, 0.717) is 31.1 Å². The summed E-state index contributed by atoms with van der Waals surface area (Å²) in [7, 11) is 0. The van der Waals surface area contributed by atoms with E-state index in [0.717, 1.165) is 0 Å². The van der Waals surface area contributed by atoms with Crippen LogP contribution in [0.2, 0.25) is 0 Å². The fraction of sp³-hybridized carbons (Fsp3) is 0.400. The van der Waals surface area contributed by atoms with Crippen LogP contribution in [0.25, 0.3) is 0 Å². The number of hydrogen-bond donors (Lipinski definition) is 2. The van der Waals surface area contributed by atoms with Crippen LogP contribution >= 0.6 is 0 Å². The smallest absolute Gasteiger partial charge is 0.339 e. The molecule has 0 saturated carbocycles. The van der Waals surface area contributed by atoms with Crippen molar-refractivity contribution in [3.8, 4) is 0 Å². The van der Waals surface area contributed by atoms with Gasteiger partial charge in [0.1, 0.15) is 5.82 Å². The van der Waals surface area contributed by atoms with E-state index in [1.165, 1.54) is 6.20 Å². The minimum Gasteiger partial charge on any atom is -0.462 e. The Morgan fingerprint density at radius 1 is 1.60 bits per heavy atom. The van der Waals surface area contributed by atoms with Gasteiger partial charge in [-0.15, -0.1) is 0 Å². The summed E-state index contributed by atoms with van der Waals surface area (Å²) in [6.45, 7) is 3.33. The van der Waals surface area contributed by atoms with E-state index in [9.17, 15) is 4.79 Å². The summed E-state index contributed by atoms with van der Waals surface area (Å²) in [6.07, 6.45) is 1.48. The van der Waals surface area contributed by atoms with Crippen molar-refractivity contribution >= 4 is 11.8 Å². The maximum absolute atomic E-state index is 11.3. The lowest BCUT2D eigenvalue weighted by Gasteiger charge is -2.04. The second kappa shape index (κ2) is 5.98. The van der Waals surface area contributed by atoms with Gasteiger partial charge in [0.25, 0.3) is 0 Å². The SMILES string of the molecule is CCOC(=O)c1ccc(NCCN)nc1. The molecule has 1 aromatic heterocycles. The lowest BCUT2D eigenvalue weighted by Crippen LogP contribution is -2.14. The van der Waals surface area contributed by atoms with Gasteiger partial charge in [0.15, 0.2) is 0 Å². The van der Waals surface area contributed by atoms with Gasteiger partial charge in [-0.1, -0.05) is 0 Å². The standard InChI is InChI=1S/C10H15N3O2/c1-2-15-10(14)8-3-4-9(13-7-8)12-6-5-11/h3-4,7H,2,5-6,11H2,1H3,(H,12,13). The van der Waals surface area contributed by atoms with E-state index in [4.69, 9.17) is 10.5 Å². The van der Waals surface area contributed by atoms with E-state index in [1.54, 1.807) is 19.1 Å².